The van der Waals surface area contributed by atoms with Gasteiger partial charge in [0.25, 0.3) is 0 Å². The zero-order valence-corrected chi connectivity index (χ0v) is 12.1. The van der Waals surface area contributed by atoms with Crippen molar-refractivity contribution in [3.8, 4) is 11.1 Å². The number of benzene rings is 2. The number of halogens is 1. The highest BCUT2D eigenvalue weighted by Crippen LogP contribution is 2.29. The van der Waals surface area contributed by atoms with Gasteiger partial charge in [0.2, 0.25) is 0 Å². The zero-order chi connectivity index (χ0) is 14.0. The molecule has 0 radical (unpaired) electrons. The Balaban J connectivity index is 2.56. The molecule has 100 valence electrons. The Bertz CT molecular complexity index is 541. The lowest BCUT2D eigenvalue weighted by Crippen LogP contribution is -1.95. The van der Waals surface area contributed by atoms with Crippen LogP contribution in [0.15, 0.2) is 42.5 Å². The fourth-order valence-corrected chi connectivity index (χ4v) is 2.18. The average molecular weight is 256 g/mol. The summed E-state index contributed by atoms with van der Waals surface area (Å²) in [6.07, 6.45) is 0. The standard InChI is InChI=1S/C18H21F/c1-12(2)15-8-16(13(3)4)10-17(9-15)14-6-5-7-18(19)11-14/h5-13H,1-4H3. The van der Waals surface area contributed by atoms with Gasteiger partial charge in [0.05, 0.1) is 0 Å². The lowest BCUT2D eigenvalue weighted by molar-refractivity contribution is 0.628. The van der Waals surface area contributed by atoms with E-state index in [9.17, 15) is 4.39 Å². The lowest BCUT2D eigenvalue weighted by atomic mass is 9.91. The molecule has 0 spiro atoms. The highest BCUT2D eigenvalue weighted by Gasteiger charge is 2.08. The molecule has 2 rings (SSSR count). The van der Waals surface area contributed by atoms with Gasteiger partial charge in [0, 0.05) is 0 Å². The van der Waals surface area contributed by atoms with Crippen LogP contribution in [0, 0.1) is 5.82 Å². The van der Waals surface area contributed by atoms with E-state index in [4.69, 9.17) is 0 Å². The Hall–Kier alpha value is -1.63. The average Bonchev–Trinajstić information content (AvgIpc) is 2.38. The smallest absolute Gasteiger partial charge is 0.123 e. The Morgan fingerprint density at radius 2 is 1.32 bits per heavy atom. The summed E-state index contributed by atoms with van der Waals surface area (Å²) in [5.74, 6) is 0.774. The molecular weight excluding hydrogens is 235 g/mol. The predicted octanol–water partition coefficient (Wildman–Crippen LogP) is 5.74. The third kappa shape index (κ3) is 3.23. The molecule has 0 aliphatic heterocycles. The molecule has 0 atom stereocenters. The van der Waals surface area contributed by atoms with Crippen molar-refractivity contribution in [2.24, 2.45) is 0 Å². The Kier molecular flexibility index (Phi) is 4.04. The molecule has 0 fully saturated rings. The number of hydrogen-bond acceptors (Lipinski definition) is 0. The molecule has 0 nitrogen and oxygen atoms in total. The van der Waals surface area contributed by atoms with Crippen LogP contribution in [0.2, 0.25) is 0 Å². The minimum Gasteiger partial charge on any atom is -0.207 e. The second kappa shape index (κ2) is 5.56. The van der Waals surface area contributed by atoms with Gasteiger partial charge in [-0.1, -0.05) is 58.0 Å². The van der Waals surface area contributed by atoms with Crippen LogP contribution in [0.1, 0.15) is 50.7 Å². The van der Waals surface area contributed by atoms with Gasteiger partial charge in [0.15, 0.2) is 0 Å². The topological polar surface area (TPSA) is 0 Å². The van der Waals surface area contributed by atoms with Crippen LogP contribution in [0.3, 0.4) is 0 Å². The van der Waals surface area contributed by atoms with Crippen molar-refractivity contribution in [1.82, 2.24) is 0 Å². The molecule has 19 heavy (non-hydrogen) atoms. The van der Waals surface area contributed by atoms with E-state index in [2.05, 4.69) is 45.9 Å². The van der Waals surface area contributed by atoms with E-state index < -0.39 is 0 Å². The van der Waals surface area contributed by atoms with E-state index in [0.29, 0.717) is 11.8 Å². The molecule has 0 amide bonds. The molecule has 0 aromatic heterocycles. The van der Waals surface area contributed by atoms with Gasteiger partial charge in [-0.2, -0.15) is 0 Å². The van der Waals surface area contributed by atoms with Gasteiger partial charge in [0.1, 0.15) is 5.82 Å². The van der Waals surface area contributed by atoms with Crippen molar-refractivity contribution in [2.75, 3.05) is 0 Å². The van der Waals surface area contributed by atoms with Gasteiger partial charge in [-0.3, -0.25) is 0 Å². The van der Waals surface area contributed by atoms with E-state index in [0.717, 1.165) is 11.1 Å². The van der Waals surface area contributed by atoms with Crippen LogP contribution in [0.5, 0.6) is 0 Å². The molecule has 1 heteroatoms. The minimum atomic E-state index is -0.182. The summed E-state index contributed by atoms with van der Waals surface area (Å²) in [6, 6.07) is 13.4. The first-order valence-electron chi connectivity index (χ1n) is 6.88. The first-order chi connectivity index (χ1) is 8.97. The van der Waals surface area contributed by atoms with Crippen molar-refractivity contribution in [1.29, 1.82) is 0 Å². The molecular formula is C18H21F. The quantitative estimate of drug-likeness (QED) is 0.657. The number of rotatable bonds is 3. The van der Waals surface area contributed by atoms with Crippen molar-refractivity contribution in [3.05, 3.63) is 59.4 Å². The maximum Gasteiger partial charge on any atom is 0.123 e. The highest BCUT2D eigenvalue weighted by atomic mass is 19.1. The maximum atomic E-state index is 13.4. The van der Waals surface area contributed by atoms with E-state index in [-0.39, 0.29) is 5.82 Å². The predicted molar refractivity (Wildman–Crippen MR) is 80.0 cm³/mol. The highest BCUT2D eigenvalue weighted by molar-refractivity contribution is 5.65. The zero-order valence-electron chi connectivity index (χ0n) is 12.1. The minimum absolute atomic E-state index is 0.182. The first kappa shape index (κ1) is 13.8. The second-order valence-corrected chi connectivity index (χ2v) is 5.71. The van der Waals surface area contributed by atoms with Crippen molar-refractivity contribution in [3.63, 3.8) is 0 Å². The Morgan fingerprint density at radius 1 is 0.737 bits per heavy atom. The largest absolute Gasteiger partial charge is 0.207 e. The number of hydrogen-bond donors (Lipinski definition) is 0. The van der Waals surface area contributed by atoms with Crippen molar-refractivity contribution < 1.29 is 4.39 Å². The van der Waals surface area contributed by atoms with Crippen LogP contribution < -0.4 is 0 Å². The van der Waals surface area contributed by atoms with E-state index in [1.807, 2.05) is 6.07 Å². The second-order valence-electron chi connectivity index (χ2n) is 5.71. The van der Waals surface area contributed by atoms with Crippen LogP contribution in [-0.4, -0.2) is 0 Å². The summed E-state index contributed by atoms with van der Waals surface area (Å²) >= 11 is 0. The molecule has 0 N–H and O–H groups in total. The molecule has 2 aromatic rings. The normalized spacial score (nSPS) is 11.3. The Morgan fingerprint density at radius 3 is 1.79 bits per heavy atom. The van der Waals surface area contributed by atoms with E-state index >= 15 is 0 Å². The molecule has 0 aliphatic carbocycles. The third-order valence-corrected chi connectivity index (χ3v) is 3.47. The molecule has 0 bridgehead atoms. The third-order valence-electron chi connectivity index (χ3n) is 3.47. The summed E-state index contributed by atoms with van der Waals surface area (Å²) in [5.41, 5.74) is 4.68. The van der Waals surface area contributed by atoms with E-state index in [1.54, 1.807) is 12.1 Å². The molecule has 0 heterocycles. The van der Waals surface area contributed by atoms with Crippen LogP contribution in [0.4, 0.5) is 4.39 Å². The fraction of sp³-hybridized carbons (Fsp3) is 0.333. The van der Waals surface area contributed by atoms with Crippen LogP contribution in [-0.2, 0) is 0 Å². The van der Waals surface area contributed by atoms with Crippen LogP contribution in [0.25, 0.3) is 11.1 Å². The lowest BCUT2D eigenvalue weighted by Gasteiger charge is -2.14. The molecule has 0 unspecified atom stereocenters. The summed E-state index contributed by atoms with van der Waals surface area (Å²) in [4.78, 5) is 0. The van der Waals surface area contributed by atoms with Crippen molar-refractivity contribution >= 4 is 0 Å². The monoisotopic (exact) mass is 256 g/mol. The van der Waals surface area contributed by atoms with Crippen LogP contribution >= 0.6 is 0 Å². The maximum absolute atomic E-state index is 13.4. The van der Waals surface area contributed by atoms with Gasteiger partial charge in [-0.15, -0.1) is 0 Å². The van der Waals surface area contributed by atoms with Gasteiger partial charge in [-0.05, 0) is 46.2 Å². The fourth-order valence-electron chi connectivity index (χ4n) is 2.18. The molecule has 2 aromatic carbocycles. The van der Waals surface area contributed by atoms with E-state index in [1.165, 1.54) is 17.2 Å². The summed E-state index contributed by atoms with van der Waals surface area (Å²) < 4.78 is 13.4. The SMILES string of the molecule is CC(C)c1cc(-c2cccc(F)c2)cc(C(C)C)c1. The summed E-state index contributed by atoms with van der Waals surface area (Å²) in [6.45, 7) is 8.76. The van der Waals surface area contributed by atoms with Gasteiger partial charge in [-0.25, -0.2) is 4.39 Å². The van der Waals surface area contributed by atoms with Crippen molar-refractivity contribution in [2.45, 2.75) is 39.5 Å². The molecule has 0 saturated heterocycles. The summed E-state index contributed by atoms with van der Waals surface area (Å²) in [7, 11) is 0. The molecule has 0 aliphatic rings. The van der Waals surface area contributed by atoms with Gasteiger partial charge >= 0.3 is 0 Å². The molecule has 0 saturated carbocycles. The van der Waals surface area contributed by atoms with Gasteiger partial charge < -0.3 is 0 Å². The first-order valence-corrected chi connectivity index (χ1v) is 6.88. The Labute approximate surface area is 115 Å². The summed E-state index contributed by atoms with van der Waals surface area (Å²) in [5, 5.41) is 0.